The molecule has 1 aromatic carbocycles. The highest BCUT2D eigenvalue weighted by Gasteiger charge is 2.09. The van der Waals surface area contributed by atoms with Crippen LogP contribution in [0.25, 0.3) is 11.5 Å². The van der Waals surface area contributed by atoms with E-state index in [1.807, 2.05) is 6.92 Å². The van der Waals surface area contributed by atoms with Gasteiger partial charge in [0, 0.05) is 5.56 Å². The van der Waals surface area contributed by atoms with Gasteiger partial charge in [-0.1, -0.05) is 0 Å². The lowest BCUT2D eigenvalue weighted by atomic mass is 10.1. The Morgan fingerprint density at radius 1 is 1.47 bits per heavy atom. The predicted octanol–water partition coefficient (Wildman–Crippen LogP) is 1.50. The molecular formula is C10H8N4O. The van der Waals surface area contributed by atoms with E-state index in [0.29, 0.717) is 11.5 Å². The van der Waals surface area contributed by atoms with Gasteiger partial charge in [0.25, 0.3) is 11.8 Å². The summed E-state index contributed by atoms with van der Waals surface area (Å²) in [6.45, 7) is 1.87. The quantitative estimate of drug-likeness (QED) is 0.753. The molecule has 0 unspecified atom stereocenters. The van der Waals surface area contributed by atoms with E-state index in [-0.39, 0.29) is 5.95 Å². The minimum absolute atomic E-state index is 0.105. The van der Waals surface area contributed by atoms with Crippen molar-refractivity contribution < 1.29 is 4.52 Å². The van der Waals surface area contributed by atoms with E-state index in [2.05, 4.69) is 16.2 Å². The summed E-state index contributed by atoms with van der Waals surface area (Å²) in [6.07, 6.45) is 0. The van der Waals surface area contributed by atoms with Crippen LogP contribution >= 0.6 is 0 Å². The molecule has 0 saturated heterocycles. The van der Waals surface area contributed by atoms with Crippen molar-refractivity contribution in [3.05, 3.63) is 29.3 Å². The van der Waals surface area contributed by atoms with E-state index in [4.69, 9.17) is 15.5 Å². The monoisotopic (exact) mass is 200 g/mol. The maximum atomic E-state index is 8.71. The first kappa shape index (κ1) is 9.21. The summed E-state index contributed by atoms with van der Waals surface area (Å²) < 4.78 is 4.94. The standard InChI is InChI=1S/C10H8N4O/c1-6-4-7(5-11)2-3-8(6)9-13-10(12)14-15-9/h2-4H,1H3,(H2,12,14). The number of rotatable bonds is 1. The van der Waals surface area contributed by atoms with Crippen molar-refractivity contribution in [2.24, 2.45) is 0 Å². The number of nitrogens with zero attached hydrogens (tertiary/aromatic N) is 3. The molecule has 0 fully saturated rings. The zero-order valence-electron chi connectivity index (χ0n) is 8.06. The molecule has 0 aliphatic carbocycles. The van der Waals surface area contributed by atoms with Crippen molar-refractivity contribution in [2.45, 2.75) is 6.92 Å². The lowest BCUT2D eigenvalue weighted by molar-refractivity contribution is 0.433. The maximum Gasteiger partial charge on any atom is 0.261 e. The first-order valence-corrected chi connectivity index (χ1v) is 4.31. The molecule has 74 valence electrons. The van der Waals surface area contributed by atoms with Gasteiger partial charge in [-0.25, -0.2) is 0 Å². The molecule has 2 aromatic rings. The fourth-order valence-electron chi connectivity index (χ4n) is 1.32. The normalized spacial score (nSPS) is 9.87. The topological polar surface area (TPSA) is 88.7 Å². The van der Waals surface area contributed by atoms with Crippen LogP contribution in [0.5, 0.6) is 0 Å². The SMILES string of the molecule is Cc1cc(C#N)ccc1-c1nc(N)no1. The first-order chi connectivity index (χ1) is 7.20. The van der Waals surface area contributed by atoms with Gasteiger partial charge in [0.15, 0.2) is 0 Å². The number of anilines is 1. The highest BCUT2D eigenvalue weighted by atomic mass is 16.5. The highest BCUT2D eigenvalue weighted by molar-refractivity contribution is 5.60. The number of aryl methyl sites for hydroxylation is 1. The van der Waals surface area contributed by atoms with Crippen LogP contribution in [0.3, 0.4) is 0 Å². The molecule has 0 bridgehead atoms. The van der Waals surface area contributed by atoms with Crippen LogP contribution in [0.15, 0.2) is 22.7 Å². The van der Waals surface area contributed by atoms with Crippen LogP contribution in [0.4, 0.5) is 5.95 Å². The molecular weight excluding hydrogens is 192 g/mol. The van der Waals surface area contributed by atoms with Crippen LogP contribution in [0.1, 0.15) is 11.1 Å². The van der Waals surface area contributed by atoms with Gasteiger partial charge < -0.3 is 10.3 Å². The zero-order valence-corrected chi connectivity index (χ0v) is 8.06. The first-order valence-electron chi connectivity index (χ1n) is 4.31. The van der Waals surface area contributed by atoms with E-state index < -0.39 is 0 Å². The second-order valence-corrected chi connectivity index (χ2v) is 3.10. The van der Waals surface area contributed by atoms with Crippen LogP contribution in [-0.4, -0.2) is 10.1 Å². The summed E-state index contributed by atoms with van der Waals surface area (Å²) in [5, 5.41) is 12.2. The summed E-state index contributed by atoms with van der Waals surface area (Å²) >= 11 is 0. The molecule has 15 heavy (non-hydrogen) atoms. The molecule has 0 aliphatic rings. The Bertz CT molecular complexity index is 539. The Balaban J connectivity index is 2.51. The number of hydrogen-bond donors (Lipinski definition) is 1. The van der Waals surface area contributed by atoms with Gasteiger partial charge >= 0.3 is 0 Å². The van der Waals surface area contributed by atoms with E-state index in [9.17, 15) is 0 Å². The molecule has 2 N–H and O–H groups in total. The third-order valence-corrected chi connectivity index (χ3v) is 2.03. The molecule has 0 spiro atoms. The summed E-state index contributed by atoms with van der Waals surface area (Å²) in [4.78, 5) is 3.91. The average molecular weight is 200 g/mol. The van der Waals surface area contributed by atoms with Gasteiger partial charge in [0.2, 0.25) is 0 Å². The van der Waals surface area contributed by atoms with Crippen molar-refractivity contribution in [1.29, 1.82) is 5.26 Å². The van der Waals surface area contributed by atoms with E-state index in [1.54, 1.807) is 18.2 Å². The second kappa shape index (κ2) is 3.42. The summed E-state index contributed by atoms with van der Waals surface area (Å²) in [7, 11) is 0. The van der Waals surface area contributed by atoms with E-state index in [0.717, 1.165) is 11.1 Å². The number of nitrogens with two attached hydrogens (primary N) is 1. The molecule has 1 heterocycles. The fourth-order valence-corrected chi connectivity index (χ4v) is 1.32. The highest BCUT2D eigenvalue weighted by Crippen LogP contribution is 2.22. The average Bonchev–Trinajstić information content (AvgIpc) is 2.64. The Kier molecular flexibility index (Phi) is 2.10. The molecule has 0 amide bonds. The lowest BCUT2D eigenvalue weighted by Gasteiger charge is -1.99. The molecule has 5 nitrogen and oxygen atoms in total. The van der Waals surface area contributed by atoms with Crippen molar-refractivity contribution in [3.8, 4) is 17.5 Å². The van der Waals surface area contributed by atoms with E-state index in [1.165, 1.54) is 0 Å². The molecule has 1 aromatic heterocycles. The predicted molar refractivity (Wildman–Crippen MR) is 53.6 cm³/mol. The molecule has 0 atom stereocenters. The number of aromatic nitrogens is 2. The van der Waals surface area contributed by atoms with Crippen molar-refractivity contribution in [3.63, 3.8) is 0 Å². The molecule has 0 saturated carbocycles. The minimum Gasteiger partial charge on any atom is -0.365 e. The van der Waals surface area contributed by atoms with Crippen LogP contribution in [-0.2, 0) is 0 Å². The van der Waals surface area contributed by atoms with E-state index >= 15 is 0 Å². The third kappa shape index (κ3) is 1.65. The Morgan fingerprint density at radius 3 is 2.80 bits per heavy atom. The Labute approximate surface area is 86.1 Å². The minimum atomic E-state index is 0.105. The third-order valence-electron chi connectivity index (χ3n) is 2.03. The smallest absolute Gasteiger partial charge is 0.261 e. The summed E-state index contributed by atoms with van der Waals surface area (Å²) in [6, 6.07) is 7.28. The van der Waals surface area contributed by atoms with Crippen molar-refractivity contribution in [2.75, 3.05) is 5.73 Å². The van der Waals surface area contributed by atoms with Gasteiger partial charge in [-0.05, 0) is 35.8 Å². The number of hydrogen-bond acceptors (Lipinski definition) is 5. The second-order valence-electron chi connectivity index (χ2n) is 3.10. The van der Waals surface area contributed by atoms with Crippen molar-refractivity contribution >= 4 is 5.95 Å². The molecule has 5 heteroatoms. The van der Waals surface area contributed by atoms with Gasteiger partial charge in [0.1, 0.15) is 0 Å². The van der Waals surface area contributed by atoms with Crippen LogP contribution in [0.2, 0.25) is 0 Å². The molecule has 0 aliphatic heterocycles. The maximum absolute atomic E-state index is 8.71. The van der Waals surface area contributed by atoms with Gasteiger partial charge in [-0.2, -0.15) is 10.2 Å². The van der Waals surface area contributed by atoms with Crippen molar-refractivity contribution in [1.82, 2.24) is 10.1 Å². The lowest BCUT2D eigenvalue weighted by Crippen LogP contribution is -1.87. The van der Waals surface area contributed by atoms with Gasteiger partial charge in [-0.3, -0.25) is 0 Å². The molecule has 0 radical (unpaired) electrons. The summed E-state index contributed by atoms with van der Waals surface area (Å²) in [5.41, 5.74) is 7.65. The number of nitriles is 1. The number of nitrogen functional groups attached to an aromatic ring is 1. The fraction of sp³-hybridized carbons (Fsp3) is 0.100. The van der Waals surface area contributed by atoms with Gasteiger partial charge in [-0.15, -0.1) is 0 Å². The van der Waals surface area contributed by atoms with Gasteiger partial charge in [0.05, 0.1) is 11.6 Å². The van der Waals surface area contributed by atoms with Crippen LogP contribution in [0, 0.1) is 18.3 Å². The summed E-state index contributed by atoms with van der Waals surface area (Å²) in [5.74, 6) is 0.475. The largest absolute Gasteiger partial charge is 0.365 e. The Hall–Kier alpha value is -2.35. The molecule has 2 rings (SSSR count). The Morgan fingerprint density at radius 2 is 2.27 bits per heavy atom. The zero-order chi connectivity index (χ0) is 10.8. The van der Waals surface area contributed by atoms with Crippen LogP contribution < -0.4 is 5.73 Å². The number of benzene rings is 1.